The molecule has 0 radical (unpaired) electrons. The summed E-state index contributed by atoms with van der Waals surface area (Å²) in [5.41, 5.74) is 3.09. The predicted octanol–water partition coefficient (Wildman–Crippen LogP) is 3.75. The largest absolute Gasteiger partial charge is 0.465 e. The van der Waals surface area contributed by atoms with Gasteiger partial charge in [-0.3, -0.25) is 10.3 Å². The minimum absolute atomic E-state index is 0.451. The topological polar surface area (TPSA) is 76.4 Å². The van der Waals surface area contributed by atoms with E-state index in [0.717, 1.165) is 29.2 Å². The second-order valence-corrected chi connectivity index (χ2v) is 12.2. The third-order valence-electron chi connectivity index (χ3n) is 3.50. The Bertz CT molecular complexity index is 676. The number of nitrogens with zero attached hydrogens (tertiary/aromatic N) is 2. The lowest BCUT2D eigenvalue weighted by molar-refractivity contribution is 0.0902. The second kappa shape index (κ2) is 6.49. The van der Waals surface area contributed by atoms with Gasteiger partial charge in [0.15, 0.2) is 0 Å². The second-order valence-electron chi connectivity index (χ2n) is 6.59. The van der Waals surface area contributed by atoms with Crippen LogP contribution in [0.1, 0.15) is 5.56 Å². The maximum Gasteiger partial charge on any atom is 0.409 e. The standard InChI is InChI=1S/C15H23N3O3Si/c1-11-13(17-15(19)20)9-16-12-5-6-18(14(11)12)10-21-7-8-22(2,3)4/h5-6,9,17H,7-8,10H2,1-4H3,(H,19,20). The van der Waals surface area contributed by atoms with E-state index in [1.165, 1.54) is 0 Å². The molecule has 2 N–H and O–H groups in total. The quantitative estimate of drug-likeness (QED) is 0.627. The molecule has 0 bridgehead atoms. The summed E-state index contributed by atoms with van der Waals surface area (Å²) in [6.07, 6.45) is 2.38. The number of aryl methyl sites for hydroxylation is 1. The van der Waals surface area contributed by atoms with Crippen molar-refractivity contribution < 1.29 is 14.6 Å². The van der Waals surface area contributed by atoms with Crippen LogP contribution in [0.5, 0.6) is 0 Å². The molecule has 0 unspecified atom stereocenters. The summed E-state index contributed by atoms with van der Waals surface area (Å²) in [5.74, 6) is 0. The zero-order chi connectivity index (χ0) is 16.3. The molecule has 120 valence electrons. The number of ether oxygens (including phenoxy) is 1. The summed E-state index contributed by atoms with van der Waals surface area (Å²) in [5, 5.41) is 11.2. The number of nitrogens with one attached hydrogen (secondary N) is 1. The van der Waals surface area contributed by atoms with Gasteiger partial charge in [-0.15, -0.1) is 0 Å². The van der Waals surface area contributed by atoms with E-state index in [4.69, 9.17) is 9.84 Å². The van der Waals surface area contributed by atoms with Gasteiger partial charge in [0.05, 0.1) is 22.9 Å². The van der Waals surface area contributed by atoms with Crippen molar-refractivity contribution in [2.45, 2.75) is 39.3 Å². The number of carboxylic acid groups (broad SMARTS) is 1. The summed E-state index contributed by atoms with van der Waals surface area (Å²) in [7, 11) is -1.09. The molecule has 0 fully saturated rings. The van der Waals surface area contributed by atoms with Gasteiger partial charge in [0.25, 0.3) is 0 Å². The van der Waals surface area contributed by atoms with Crippen molar-refractivity contribution in [3.8, 4) is 0 Å². The molecular formula is C15H23N3O3Si. The van der Waals surface area contributed by atoms with Crippen LogP contribution < -0.4 is 5.32 Å². The normalized spacial score (nSPS) is 11.8. The molecule has 2 aromatic heterocycles. The Balaban J connectivity index is 2.15. The molecule has 0 saturated carbocycles. The first-order chi connectivity index (χ1) is 10.3. The van der Waals surface area contributed by atoms with Gasteiger partial charge < -0.3 is 14.4 Å². The van der Waals surface area contributed by atoms with Gasteiger partial charge in [0.2, 0.25) is 0 Å². The molecule has 6 nitrogen and oxygen atoms in total. The van der Waals surface area contributed by atoms with Gasteiger partial charge in [-0.25, -0.2) is 4.79 Å². The highest BCUT2D eigenvalue weighted by Crippen LogP contribution is 2.24. The van der Waals surface area contributed by atoms with Crippen LogP contribution >= 0.6 is 0 Å². The third-order valence-corrected chi connectivity index (χ3v) is 5.21. The Kier molecular flexibility index (Phi) is 4.87. The molecule has 1 amide bonds. The van der Waals surface area contributed by atoms with Gasteiger partial charge >= 0.3 is 6.09 Å². The first-order valence-corrected chi connectivity index (χ1v) is 11.0. The van der Waals surface area contributed by atoms with Crippen molar-refractivity contribution in [1.82, 2.24) is 9.55 Å². The minimum atomic E-state index is -1.09. The zero-order valence-electron chi connectivity index (χ0n) is 13.5. The number of rotatable bonds is 6. The highest BCUT2D eigenvalue weighted by atomic mass is 28.3. The number of pyridine rings is 1. The lowest BCUT2D eigenvalue weighted by Crippen LogP contribution is -2.22. The van der Waals surface area contributed by atoms with Crippen LogP contribution in [0.15, 0.2) is 18.5 Å². The van der Waals surface area contributed by atoms with E-state index in [1.54, 1.807) is 6.20 Å². The van der Waals surface area contributed by atoms with Crippen LogP contribution in [-0.2, 0) is 11.5 Å². The van der Waals surface area contributed by atoms with Gasteiger partial charge in [-0.05, 0) is 19.0 Å². The molecule has 0 aliphatic carbocycles. The van der Waals surface area contributed by atoms with Gasteiger partial charge in [0, 0.05) is 26.4 Å². The Morgan fingerprint density at radius 2 is 2.18 bits per heavy atom. The molecule has 0 atom stereocenters. The summed E-state index contributed by atoms with van der Waals surface area (Å²) < 4.78 is 7.74. The third kappa shape index (κ3) is 4.08. The fourth-order valence-electron chi connectivity index (χ4n) is 2.22. The number of hydrogen-bond acceptors (Lipinski definition) is 3. The average Bonchev–Trinajstić information content (AvgIpc) is 2.80. The Hall–Kier alpha value is -1.86. The first-order valence-electron chi connectivity index (χ1n) is 7.30. The number of anilines is 1. The van der Waals surface area contributed by atoms with Crippen LogP contribution in [0.2, 0.25) is 25.7 Å². The number of carbonyl (C=O) groups is 1. The Morgan fingerprint density at radius 1 is 1.45 bits per heavy atom. The molecule has 7 heteroatoms. The van der Waals surface area contributed by atoms with E-state index >= 15 is 0 Å². The predicted molar refractivity (Wildman–Crippen MR) is 90.2 cm³/mol. The zero-order valence-corrected chi connectivity index (χ0v) is 14.5. The molecule has 2 rings (SSSR count). The van der Waals surface area contributed by atoms with Crippen molar-refractivity contribution in [2.75, 3.05) is 11.9 Å². The number of amides is 1. The van der Waals surface area contributed by atoms with Crippen LogP contribution in [0.3, 0.4) is 0 Å². The summed E-state index contributed by atoms with van der Waals surface area (Å²) in [6.45, 7) is 10.0. The molecule has 0 spiro atoms. The van der Waals surface area contributed by atoms with Crippen LogP contribution in [0, 0.1) is 6.92 Å². The minimum Gasteiger partial charge on any atom is -0.465 e. The average molecular weight is 321 g/mol. The van der Waals surface area contributed by atoms with Crippen molar-refractivity contribution in [3.05, 3.63) is 24.0 Å². The van der Waals surface area contributed by atoms with Gasteiger partial charge in [0.1, 0.15) is 6.73 Å². The Labute approximate surface area is 131 Å². The van der Waals surface area contributed by atoms with E-state index in [1.807, 2.05) is 23.8 Å². The summed E-state index contributed by atoms with van der Waals surface area (Å²) in [4.78, 5) is 15.1. The molecule has 2 aromatic rings. The van der Waals surface area contributed by atoms with Crippen molar-refractivity contribution >= 4 is 30.9 Å². The highest BCUT2D eigenvalue weighted by Gasteiger charge is 2.13. The Morgan fingerprint density at radius 3 is 2.82 bits per heavy atom. The van der Waals surface area contributed by atoms with Crippen molar-refractivity contribution in [2.24, 2.45) is 0 Å². The van der Waals surface area contributed by atoms with E-state index in [-0.39, 0.29) is 0 Å². The molecule has 0 aromatic carbocycles. The van der Waals surface area contributed by atoms with Crippen LogP contribution in [0.25, 0.3) is 11.0 Å². The van der Waals surface area contributed by atoms with E-state index < -0.39 is 14.2 Å². The number of hydrogen-bond donors (Lipinski definition) is 2. The van der Waals surface area contributed by atoms with Gasteiger partial charge in [-0.2, -0.15) is 0 Å². The SMILES string of the molecule is Cc1c(NC(=O)O)cnc2ccn(COCC[Si](C)(C)C)c12. The lowest BCUT2D eigenvalue weighted by atomic mass is 10.2. The van der Waals surface area contributed by atoms with Crippen LogP contribution in [-0.4, -0.2) is 35.4 Å². The molecule has 0 saturated heterocycles. The fourth-order valence-corrected chi connectivity index (χ4v) is 2.98. The summed E-state index contributed by atoms with van der Waals surface area (Å²) in [6, 6.07) is 3.03. The van der Waals surface area contributed by atoms with E-state index in [0.29, 0.717) is 12.4 Å². The van der Waals surface area contributed by atoms with Crippen molar-refractivity contribution in [1.29, 1.82) is 0 Å². The maximum absolute atomic E-state index is 10.8. The number of aromatic nitrogens is 2. The molecule has 22 heavy (non-hydrogen) atoms. The molecule has 2 heterocycles. The monoisotopic (exact) mass is 321 g/mol. The van der Waals surface area contributed by atoms with Crippen LogP contribution in [0.4, 0.5) is 10.5 Å². The first kappa shape index (κ1) is 16.5. The smallest absolute Gasteiger partial charge is 0.409 e. The molecule has 0 aliphatic heterocycles. The lowest BCUT2D eigenvalue weighted by Gasteiger charge is -2.16. The maximum atomic E-state index is 10.8. The summed E-state index contributed by atoms with van der Waals surface area (Å²) >= 11 is 0. The number of fused-ring (bicyclic) bond motifs is 1. The van der Waals surface area contributed by atoms with Gasteiger partial charge in [-0.1, -0.05) is 19.6 Å². The fraction of sp³-hybridized carbons (Fsp3) is 0.467. The van der Waals surface area contributed by atoms with E-state index in [2.05, 4.69) is 29.9 Å². The molecular weight excluding hydrogens is 298 g/mol. The van der Waals surface area contributed by atoms with Crippen molar-refractivity contribution in [3.63, 3.8) is 0 Å². The molecule has 0 aliphatic rings. The highest BCUT2D eigenvalue weighted by molar-refractivity contribution is 6.76. The van der Waals surface area contributed by atoms with E-state index in [9.17, 15) is 4.79 Å².